The largest absolute Gasteiger partial charge is 0.353 e. The molecule has 2 aliphatic rings. The van der Waals surface area contributed by atoms with Crippen LogP contribution in [0.1, 0.15) is 40.0 Å². The Labute approximate surface area is 178 Å². The van der Waals surface area contributed by atoms with Gasteiger partial charge in [0.05, 0.1) is 11.1 Å². The lowest BCUT2D eigenvalue weighted by Crippen LogP contribution is -2.47. The Morgan fingerprint density at radius 1 is 1.03 bits per heavy atom. The molecule has 1 aromatic carbocycles. The van der Waals surface area contributed by atoms with E-state index in [1.165, 1.54) is 15.6 Å². The number of rotatable bonds is 6. The number of thiophene rings is 1. The molecule has 0 spiro atoms. The topological polar surface area (TPSA) is 104 Å². The van der Waals surface area contributed by atoms with Crippen LogP contribution in [0.15, 0.2) is 46.0 Å². The molecule has 4 rings (SSSR count). The van der Waals surface area contributed by atoms with Crippen LogP contribution in [-0.4, -0.2) is 61.0 Å². The van der Waals surface area contributed by atoms with E-state index in [1.807, 2.05) is 0 Å². The van der Waals surface area contributed by atoms with Gasteiger partial charge in [-0.2, -0.15) is 4.31 Å². The van der Waals surface area contributed by atoms with Crippen molar-refractivity contribution < 1.29 is 22.8 Å². The molecule has 1 aromatic heterocycles. The maximum atomic E-state index is 12.6. The summed E-state index contributed by atoms with van der Waals surface area (Å²) in [5, 5.41) is 4.62. The number of carbonyl (C=O) groups excluding carboxylic acids is 3. The van der Waals surface area contributed by atoms with E-state index in [2.05, 4.69) is 5.32 Å². The van der Waals surface area contributed by atoms with Crippen LogP contribution in [0.25, 0.3) is 0 Å². The van der Waals surface area contributed by atoms with Gasteiger partial charge >= 0.3 is 0 Å². The minimum Gasteiger partial charge on any atom is -0.353 e. The van der Waals surface area contributed by atoms with Gasteiger partial charge < -0.3 is 5.32 Å². The molecule has 3 amide bonds. The van der Waals surface area contributed by atoms with Crippen LogP contribution in [-0.2, 0) is 14.8 Å². The van der Waals surface area contributed by atoms with Crippen molar-refractivity contribution in [2.24, 2.45) is 0 Å². The Balaban J connectivity index is 1.26. The Morgan fingerprint density at radius 3 is 2.23 bits per heavy atom. The highest BCUT2D eigenvalue weighted by molar-refractivity contribution is 7.91. The highest BCUT2D eigenvalue weighted by atomic mass is 32.2. The third-order valence-corrected chi connectivity index (χ3v) is 8.62. The molecule has 1 saturated heterocycles. The number of amides is 3. The van der Waals surface area contributed by atoms with Gasteiger partial charge in [0.1, 0.15) is 4.21 Å². The molecule has 30 heavy (non-hydrogen) atoms. The summed E-state index contributed by atoms with van der Waals surface area (Å²) in [4.78, 5) is 38.1. The van der Waals surface area contributed by atoms with E-state index in [-0.39, 0.29) is 36.7 Å². The Morgan fingerprint density at radius 2 is 1.67 bits per heavy atom. The zero-order valence-corrected chi connectivity index (χ0v) is 17.7. The van der Waals surface area contributed by atoms with Crippen molar-refractivity contribution in [2.75, 3.05) is 19.6 Å². The molecule has 0 atom stereocenters. The third-order valence-electron chi connectivity index (χ3n) is 5.35. The van der Waals surface area contributed by atoms with E-state index < -0.39 is 10.0 Å². The van der Waals surface area contributed by atoms with Crippen LogP contribution < -0.4 is 5.32 Å². The second-order valence-corrected chi connectivity index (χ2v) is 10.3. The number of carbonyl (C=O) groups is 3. The molecule has 10 heteroatoms. The standard InChI is InChI=1S/C20H21N3O5S2/c24-17(9-12-23-19(25)15-4-1-2-5-16(15)20(23)26)21-14-7-10-22(11-8-14)30(27,28)18-6-3-13-29-18/h1-6,13-14H,7-12H2,(H,21,24). The van der Waals surface area contributed by atoms with E-state index >= 15 is 0 Å². The van der Waals surface area contributed by atoms with E-state index in [1.54, 1.807) is 41.8 Å². The zero-order valence-electron chi connectivity index (χ0n) is 16.1. The van der Waals surface area contributed by atoms with Crippen molar-refractivity contribution >= 4 is 39.1 Å². The fourth-order valence-corrected chi connectivity index (χ4v) is 6.35. The fraction of sp³-hybridized carbons (Fsp3) is 0.350. The second-order valence-electron chi connectivity index (χ2n) is 7.24. The lowest BCUT2D eigenvalue weighted by Gasteiger charge is -2.31. The molecule has 0 aliphatic carbocycles. The summed E-state index contributed by atoms with van der Waals surface area (Å²) in [6, 6.07) is 9.78. The SMILES string of the molecule is O=C(CCN1C(=O)c2ccccc2C1=O)NC1CCN(S(=O)(=O)c2cccs2)CC1. The number of piperidine rings is 1. The molecule has 0 saturated carbocycles. The van der Waals surface area contributed by atoms with Gasteiger partial charge in [-0.25, -0.2) is 8.42 Å². The monoisotopic (exact) mass is 447 g/mol. The maximum absolute atomic E-state index is 12.6. The fourth-order valence-electron chi connectivity index (χ4n) is 3.73. The third kappa shape index (κ3) is 3.90. The van der Waals surface area contributed by atoms with Gasteiger partial charge in [0.25, 0.3) is 21.8 Å². The number of benzene rings is 1. The first-order valence-corrected chi connectivity index (χ1v) is 12.0. The summed E-state index contributed by atoms with van der Waals surface area (Å²) >= 11 is 1.19. The van der Waals surface area contributed by atoms with Gasteiger partial charge in [-0.1, -0.05) is 18.2 Å². The normalized spacial score (nSPS) is 17.9. The first kappa shape index (κ1) is 20.7. The molecular formula is C20H21N3O5S2. The number of hydrogen-bond donors (Lipinski definition) is 1. The van der Waals surface area contributed by atoms with Crippen LogP contribution in [0.2, 0.25) is 0 Å². The average molecular weight is 448 g/mol. The summed E-state index contributed by atoms with van der Waals surface area (Å²) in [5.74, 6) is -1.02. The summed E-state index contributed by atoms with van der Waals surface area (Å²) in [6.45, 7) is 0.691. The number of sulfonamides is 1. The summed E-state index contributed by atoms with van der Waals surface area (Å²) in [7, 11) is -3.47. The van der Waals surface area contributed by atoms with Gasteiger partial charge in [-0.15, -0.1) is 11.3 Å². The van der Waals surface area contributed by atoms with Gasteiger partial charge in [0, 0.05) is 32.1 Å². The van der Waals surface area contributed by atoms with Crippen molar-refractivity contribution in [2.45, 2.75) is 29.5 Å². The van der Waals surface area contributed by atoms with Gasteiger partial charge in [0.2, 0.25) is 5.91 Å². The molecule has 0 bridgehead atoms. The van der Waals surface area contributed by atoms with Gasteiger partial charge in [0.15, 0.2) is 0 Å². The maximum Gasteiger partial charge on any atom is 0.261 e. The van der Waals surface area contributed by atoms with Crippen molar-refractivity contribution in [1.82, 2.24) is 14.5 Å². The molecule has 0 radical (unpaired) electrons. The van der Waals surface area contributed by atoms with Gasteiger partial charge in [-0.05, 0) is 36.4 Å². The van der Waals surface area contributed by atoms with E-state index in [0.717, 1.165) is 4.90 Å². The van der Waals surface area contributed by atoms with Crippen molar-refractivity contribution in [1.29, 1.82) is 0 Å². The lowest BCUT2D eigenvalue weighted by atomic mass is 10.1. The Bertz CT molecular complexity index is 1040. The van der Waals surface area contributed by atoms with Crippen LogP contribution >= 0.6 is 11.3 Å². The number of imide groups is 1. The van der Waals surface area contributed by atoms with E-state index in [4.69, 9.17) is 0 Å². The van der Waals surface area contributed by atoms with Crippen LogP contribution in [0, 0.1) is 0 Å². The van der Waals surface area contributed by atoms with E-state index in [9.17, 15) is 22.8 Å². The molecular weight excluding hydrogens is 426 g/mol. The molecule has 1 N–H and O–H groups in total. The van der Waals surface area contributed by atoms with Crippen molar-refractivity contribution in [3.8, 4) is 0 Å². The Kier molecular flexibility index (Phi) is 5.72. The minimum absolute atomic E-state index is 0.0131. The summed E-state index contributed by atoms with van der Waals surface area (Å²) < 4.78 is 26.9. The average Bonchev–Trinajstić information content (AvgIpc) is 3.36. The second kappa shape index (κ2) is 8.29. The predicted octanol–water partition coefficient (Wildman–Crippen LogP) is 1.70. The number of hydrogen-bond acceptors (Lipinski definition) is 6. The highest BCUT2D eigenvalue weighted by Crippen LogP contribution is 2.25. The quantitative estimate of drug-likeness (QED) is 0.679. The predicted molar refractivity (Wildman–Crippen MR) is 111 cm³/mol. The first-order valence-electron chi connectivity index (χ1n) is 9.66. The lowest BCUT2D eigenvalue weighted by molar-refractivity contribution is -0.122. The smallest absolute Gasteiger partial charge is 0.261 e. The molecule has 2 aliphatic heterocycles. The summed E-state index contributed by atoms with van der Waals surface area (Å²) in [6.07, 6.45) is 1.05. The van der Waals surface area contributed by atoms with E-state index in [0.29, 0.717) is 41.3 Å². The number of nitrogens with one attached hydrogen (secondary N) is 1. The molecule has 158 valence electrons. The molecule has 2 aromatic rings. The van der Waals surface area contributed by atoms with Crippen molar-refractivity contribution in [3.63, 3.8) is 0 Å². The summed E-state index contributed by atoms with van der Waals surface area (Å²) in [5.41, 5.74) is 0.726. The minimum atomic E-state index is -3.47. The van der Waals surface area contributed by atoms with Crippen LogP contribution in [0.4, 0.5) is 0 Å². The van der Waals surface area contributed by atoms with Crippen molar-refractivity contribution in [3.05, 3.63) is 52.9 Å². The van der Waals surface area contributed by atoms with Crippen LogP contribution in [0.5, 0.6) is 0 Å². The van der Waals surface area contributed by atoms with Crippen LogP contribution in [0.3, 0.4) is 0 Å². The highest BCUT2D eigenvalue weighted by Gasteiger charge is 2.35. The number of nitrogens with zero attached hydrogens (tertiary/aromatic N) is 2. The Hall–Kier alpha value is -2.56. The molecule has 0 unspecified atom stereocenters. The molecule has 3 heterocycles. The van der Waals surface area contributed by atoms with Gasteiger partial charge in [-0.3, -0.25) is 19.3 Å². The number of fused-ring (bicyclic) bond motifs is 1. The molecule has 8 nitrogen and oxygen atoms in total. The first-order chi connectivity index (χ1) is 14.4. The zero-order chi connectivity index (χ0) is 21.3. The molecule has 1 fully saturated rings.